The average molecular weight is 422 g/mol. The number of rotatable bonds is 5. The number of aryl methyl sites for hydroxylation is 1. The number of fused-ring (bicyclic) bond motifs is 1. The molecule has 1 aliphatic rings. The lowest BCUT2D eigenvalue weighted by Crippen LogP contribution is -2.26. The van der Waals surface area contributed by atoms with E-state index in [1.165, 1.54) is 5.56 Å². The summed E-state index contributed by atoms with van der Waals surface area (Å²) in [5, 5.41) is 7.58. The van der Waals surface area contributed by atoms with Crippen LogP contribution < -0.4 is 4.74 Å². The lowest BCUT2D eigenvalue weighted by atomic mass is 9.97. The molecule has 30 heavy (non-hydrogen) atoms. The lowest BCUT2D eigenvalue weighted by Gasteiger charge is -2.22. The Kier molecular flexibility index (Phi) is 5.73. The van der Waals surface area contributed by atoms with Gasteiger partial charge in [0, 0.05) is 29.9 Å². The first kappa shape index (κ1) is 20.4. The zero-order chi connectivity index (χ0) is 21.3. The molecule has 0 aliphatic carbocycles. The molecule has 154 valence electrons. The second-order valence-corrected chi connectivity index (χ2v) is 7.69. The van der Waals surface area contributed by atoms with Gasteiger partial charge in [-0.05, 0) is 35.7 Å². The van der Waals surface area contributed by atoms with Crippen molar-refractivity contribution in [2.24, 2.45) is 5.10 Å². The number of hydrazone groups is 1. The zero-order valence-electron chi connectivity index (χ0n) is 17.4. The normalized spacial score (nSPS) is 16.1. The third kappa shape index (κ3) is 3.77. The first-order valence-electron chi connectivity index (χ1n) is 10.2. The second-order valence-electron chi connectivity index (χ2n) is 7.34. The van der Waals surface area contributed by atoms with Gasteiger partial charge in [-0.3, -0.25) is 4.79 Å². The van der Waals surface area contributed by atoms with Crippen molar-refractivity contribution in [1.29, 1.82) is 0 Å². The van der Waals surface area contributed by atoms with E-state index in [0.29, 0.717) is 18.0 Å². The monoisotopic (exact) mass is 421 g/mol. The molecule has 0 bridgehead atoms. The summed E-state index contributed by atoms with van der Waals surface area (Å²) >= 11 is 6.58. The van der Waals surface area contributed by atoms with Gasteiger partial charge in [0.05, 0.1) is 24.4 Å². The van der Waals surface area contributed by atoms with Crippen molar-refractivity contribution < 1.29 is 9.53 Å². The second kappa shape index (κ2) is 8.44. The molecule has 0 fully saturated rings. The lowest BCUT2D eigenvalue weighted by molar-refractivity contribution is -0.132. The maximum Gasteiger partial charge on any atom is 0.242 e. The number of carbonyl (C=O) groups is 1. The van der Waals surface area contributed by atoms with Crippen molar-refractivity contribution in [2.75, 3.05) is 7.11 Å². The van der Waals surface area contributed by atoms with Crippen molar-refractivity contribution in [2.45, 2.75) is 39.2 Å². The fourth-order valence-electron chi connectivity index (χ4n) is 3.75. The molecule has 0 spiro atoms. The van der Waals surface area contributed by atoms with Crippen LogP contribution >= 0.6 is 11.6 Å². The van der Waals surface area contributed by atoms with Crippen LogP contribution in [0.1, 0.15) is 49.4 Å². The van der Waals surface area contributed by atoms with E-state index in [4.69, 9.17) is 16.3 Å². The Bertz CT molecular complexity index is 1130. The van der Waals surface area contributed by atoms with Crippen molar-refractivity contribution >= 4 is 34.1 Å². The van der Waals surface area contributed by atoms with E-state index >= 15 is 0 Å². The van der Waals surface area contributed by atoms with Gasteiger partial charge >= 0.3 is 0 Å². The highest BCUT2D eigenvalue weighted by Gasteiger charge is 2.34. The highest BCUT2D eigenvalue weighted by atomic mass is 35.5. The summed E-state index contributed by atoms with van der Waals surface area (Å²) in [6, 6.07) is 15.8. The summed E-state index contributed by atoms with van der Waals surface area (Å²) in [4.78, 5) is 17.2. The number of pyridine rings is 1. The minimum atomic E-state index is -0.273. The Hall–Kier alpha value is -2.92. The first-order chi connectivity index (χ1) is 14.5. The Balaban J connectivity index is 1.73. The van der Waals surface area contributed by atoms with Crippen molar-refractivity contribution in [1.82, 2.24) is 9.99 Å². The SMILES string of the molecule is CCC(=O)N1N=C(c2ccc(CC)cc2)CC1c1cc2ccc(OC)cc2nc1Cl. The number of amides is 1. The number of carbonyl (C=O) groups excluding carboxylic acids is 1. The van der Waals surface area contributed by atoms with E-state index in [1.807, 2.05) is 31.2 Å². The molecule has 2 heterocycles. The summed E-state index contributed by atoms with van der Waals surface area (Å²) in [7, 11) is 1.62. The van der Waals surface area contributed by atoms with Crippen LogP contribution in [-0.2, 0) is 11.2 Å². The standard InChI is InChI=1S/C24H24ClN3O2/c1-4-15-6-8-16(9-7-15)21-14-22(28(27-21)23(29)5-2)19-12-17-10-11-18(30-3)13-20(17)26-24(19)25/h6-13,22H,4-5,14H2,1-3H3. The van der Waals surface area contributed by atoms with E-state index in [2.05, 4.69) is 41.3 Å². The molecule has 0 saturated carbocycles. The topological polar surface area (TPSA) is 54.8 Å². The van der Waals surface area contributed by atoms with E-state index in [-0.39, 0.29) is 11.9 Å². The van der Waals surface area contributed by atoms with Gasteiger partial charge in [0.1, 0.15) is 10.9 Å². The van der Waals surface area contributed by atoms with Gasteiger partial charge in [0.15, 0.2) is 0 Å². The molecule has 0 saturated heterocycles. The first-order valence-corrected chi connectivity index (χ1v) is 10.5. The van der Waals surface area contributed by atoms with E-state index < -0.39 is 0 Å². The molecule has 1 unspecified atom stereocenters. The summed E-state index contributed by atoms with van der Waals surface area (Å²) in [5.41, 5.74) is 4.74. The molecule has 0 N–H and O–H groups in total. The third-order valence-corrected chi connectivity index (χ3v) is 5.83. The number of benzene rings is 2. The Morgan fingerprint density at radius 2 is 1.93 bits per heavy atom. The van der Waals surface area contributed by atoms with Gasteiger partial charge in [-0.1, -0.05) is 49.7 Å². The zero-order valence-corrected chi connectivity index (χ0v) is 18.1. The largest absolute Gasteiger partial charge is 0.497 e. The fourth-order valence-corrected chi connectivity index (χ4v) is 4.02. The van der Waals surface area contributed by atoms with Crippen LogP contribution in [0.15, 0.2) is 53.6 Å². The number of hydrogen-bond acceptors (Lipinski definition) is 4. The van der Waals surface area contributed by atoms with E-state index in [9.17, 15) is 4.79 Å². The van der Waals surface area contributed by atoms with Crippen molar-refractivity contribution in [3.8, 4) is 5.75 Å². The van der Waals surface area contributed by atoms with Crippen LogP contribution in [0.25, 0.3) is 10.9 Å². The predicted molar refractivity (Wildman–Crippen MR) is 120 cm³/mol. The van der Waals surface area contributed by atoms with Crippen LogP contribution in [-0.4, -0.2) is 28.7 Å². The van der Waals surface area contributed by atoms with Gasteiger partial charge in [-0.2, -0.15) is 5.10 Å². The number of nitrogens with zero attached hydrogens (tertiary/aromatic N) is 3. The number of hydrogen-bond donors (Lipinski definition) is 0. The van der Waals surface area contributed by atoms with Gasteiger partial charge in [0.2, 0.25) is 5.91 Å². The van der Waals surface area contributed by atoms with E-state index in [0.717, 1.165) is 39.9 Å². The summed E-state index contributed by atoms with van der Waals surface area (Å²) in [6.07, 6.45) is 1.96. The summed E-state index contributed by atoms with van der Waals surface area (Å²) < 4.78 is 5.28. The Morgan fingerprint density at radius 3 is 2.60 bits per heavy atom. The van der Waals surface area contributed by atoms with Crippen molar-refractivity contribution in [3.05, 3.63) is 70.4 Å². The minimum Gasteiger partial charge on any atom is -0.497 e. The van der Waals surface area contributed by atoms with Crippen LogP contribution in [0.4, 0.5) is 0 Å². The quantitative estimate of drug-likeness (QED) is 0.507. The third-order valence-electron chi connectivity index (χ3n) is 5.53. The molecule has 1 aliphatic heterocycles. The van der Waals surface area contributed by atoms with Crippen LogP contribution in [0.3, 0.4) is 0 Å². The number of halogens is 1. The molecular weight excluding hydrogens is 398 g/mol. The molecule has 5 nitrogen and oxygen atoms in total. The number of ether oxygens (including phenoxy) is 1. The highest BCUT2D eigenvalue weighted by molar-refractivity contribution is 6.30. The maximum atomic E-state index is 12.7. The molecule has 0 radical (unpaired) electrons. The maximum absolute atomic E-state index is 12.7. The van der Waals surface area contributed by atoms with Gasteiger partial charge in [0.25, 0.3) is 0 Å². The molecule has 3 aromatic rings. The Morgan fingerprint density at radius 1 is 1.17 bits per heavy atom. The number of aromatic nitrogens is 1. The van der Waals surface area contributed by atoms with Crippen LogP contribution in [0, 0.1) is 0 Å². The van der Waals surface area contributed by atoms with Crippen molar-refractivity contribution in [3.63, 3.8) is 0 Å². The number of methoxy groups -OCH3 is 1. The molecule has 1 aromatic heterocycles. The minimum absolute atomic E-state index is 0.0360. The summed E-state index contributed by atoms with van der Waals surface area (Å²) in [5.74, 6) is 0.690. The van der Waals surface area contributed by atoms with Crippen LogP contribution in [0.2, 0.25) is 5.15 Å². The Labute approximate surface area is 181 Å². The molecule has 2 aromatic carbocycles. The molecule has 4 rings (SSSR count). The molecular formula is C24H24ClN3O2. The smallest absolute Gasteiger partial charge is 0.242 e. The molecule has 1 amide bonds. The van der Waals surface area contributed by atoms with Gasteiger partial charge in [-0.25, -0.2) is 9.99 Å². The van der Waals surface area contributed by atoms with E-state index in [1.54, 1.807) is 12.1 Å². The highest BCUT2D eigenvalue weighted by Crippen LogP contribution is 2.38. The molecule has 1 atom stereocenters. The fraction of sp³-hybridized carbons (Fsp3) is 0.292. The summed E-state index contributed by atoms with van der Waals surface area (Å²) in [6.45, 7) is 3.97. The van der Waals surface area contributed by atoms with Gasteiger partial charge < -0.3 is 4.74 Å². The average Bonchev–Trinajstić information content (AvgIpc) is 3.22. The van der Waals surface area contributed by atoms with Crippen LogP contribution in [0.5, 0.6) is 5.75 Å². The van der Waals surface area contributed by atoms with Gasteiger partial charge in [-0.15, -0.1) is 0 Å². The predicted octanol–water partition coefficient (Wildman–Crippen LogP) is 5.55. The molecule has 6 heteroatoms.